The molecular weight excluding hydrogens is 400 g/mol. The van der Waals surface area contributed by atoms with E-state index in [9.17, 15) is 13.2 Å². The highest BCUT2D eigenvalue weighted by molar-refractivity contribution is 9.11. The monoisotopic (exact) mass is 410 g/mol. The lowest BCUT2D eigenvalue weighted by atomic mass is 10.1. The number of hydrogen-bond donors (Lipinski definition) is 1. The SMILES string of the molecule is NS(=O)(=O)CC1CC(=O)N(c2ccc(Br)cc2Br)C1. The van der Waals surface area contributed by atoms with E-state index in [0.29, 0.717) is 6.54 Å². The number of halogens is 2. The van der Waals surface area contributed by atoms with Crippen molar-refractivity contribution in [1.82, 2.24) is 0 Å². The fourth-order valence-corrected chi connectivity index (χ4v) is 4.30. The van der Waals surface area contributed by atoms with Crippen LogP contribution in [0, 0.1) is 5.92 Å². The van der Waals surface area contributed by atoms with Crippen LogP contribution < -0.4 is 10.0 Å². The lowest BCUT2D eigenvalue weighted by molar-refractivity contribution is -0.117. The van der Waals surface area contributed by atoms with E-state index in [0.717, 1.165) is 14.6 Å². The second kappa shape index (κ2) is 5.51. The van der Waals surface area contributed by atoms with Gasteiger partial charge in [0.25, 0.3) is 0 Å². The Morgan fingerprint density at radius 1 is 1.37 bits per heavy atom. The van der Waals surface area contributed by atoms with E-state index in [-0.39, 0.29) is 24.0 Å². The molecule has 0 radical (unpaired) electrons. The molecule has 1 atom stereocenters. The van der Waals surface area contributed by atoms with Gasteiger partial charge in [-0.25, -0.2) is 13.6 Å². The molecule has 1 fully saturated rings. The molecule has 1 aliphatic heterocycles. The average Bonchev–Trinajstić information content (AvgIpc) is 2.56. The van der Waals surface area contributed by atoms with Gasteiger partial charge in [0.15, 0.2) is 0 Å². The molecule has 1 saturated heterocycles. The van der Waals surface area contributed by atoms with Crippen LogP contribution in [-0.4, -0.2) is 26.6 Å². The van der Waals surface area contributed by atoms with E-state index in [1.165, 1.54) is 0 Å². The van der Waals surface area contributed by atoms with Crippen molar-refractivity contribution in [2.24, 2.45) is 11.1 Å². The second-order valence-corrected chi connectivity index (χ2v) is 7.93. The van der Waals surface area contributed by atoms with Gasteiger partial charge in [-0.05, 0) is 34.1 Å². The van der Waals surface area contributed by atoms with Crippen LogP contribution in [-0.2, 0) is 14.8 Å². The summed E-state index contributed by atoms with van der Waals surface area (Å²) in [5, 5.41) is 5.02. The highest BCUT2D eigenvalue weighted by Crippen LogP contribution is 2.33. The molecule has 1 unspecified atom stereocenters. The molecule has 0 saturated carbocycles. The summed E-state index contributed by atoms with van der Waals surface area (Å²) >= 11 is 6.74. The Kier molecular flexibility index (Phi) is 4.34. The van der Waals surface area contributed by atoms with E-state index in [1.54, 1.807) is 4.90 Å². The molecule has 0 aliphatic carbocycles. The lowest BCUT2D eigenvalue weighted by Gasteiger charge is -2.18. The third-order valence-electron chi connectivity index (χ3n) is 2.87. The number of nitrogens with two attached hydrogens (primary N) is 1. The maximum absolute atomic E-state index is 12.0. The predicted octanol–water partition coefficient (Wildman–Crippen LogP) is 1.85. The molecule has 104 valence electrons. The Balaban J connectivity index is 2.20. The first-order chi connectivity index (χ1) is 8.76. The first-order valence-corrected chi connectivity index (χ1v) is 8.82. The Hall–Kier alpha value is -0.440. The maximum atomic E-state index is 12.0. The molecule has 5 nitrogen and oxygen atoms in total. The van der Waals surface area contributed by atoms with E-state index in [1.807, 2.05) is 18.2 Å². The molecule has 1 amide bonds. The molecular formula is C11H12Br2N2O3S. The lowest BCUT2D eigenvalue weighted by Crippen LogP contribution is -2.27. The normalized spacial score (nSPS) is 20.1. The van der Waals surface area contributed by atoms with Crippen LogP contribution in [0.25, 0.3) is 0 Å². The van der Waals surface area contributed by atoms with Crippen molar-refractivity contribution in [3.05, 3.63) is 27.1 Å². The summed E-state index contributed by atoms with van der Waals surface area (Å²) < 4.78 is 23.8. The van der Waals surface area contributed by atoms with Gasteiger partial charge in [-0.3, -0.25) is 4.79 Å². The van der Waals surface area contributed by atoms with Crippen LogP contribution in [0.15, 0.2) is 27.1 Å². The number of rotatable bonds is 3. The summed E-state index contributed by atoms with van der Waals surface area (Å²) in [4.78, 5) is 13.6. The number of benzene rings is 1. The quantitative estimate of drug-likeness (QED) is 0.823. The summed E-state index contributed by atoms with van der Waals surface area (Å²) in [6.07, 6.45) is 0.207. The van der Waals surface area contributed by atoms with Crippen LogP contribution in [0.1, 0.15) is 6.42 Å². The van der Waals surface area contributed by atoms with Crippen molar-refractivity contribution in [3.63, 3.8) is 0 Å². The van der Waals surface area contributed by atoms with Crippen LogP contribution in [0.2, 0.25) is 0 Å². The van der Waals surface area contributed by atoms with Crippen molar-refractivity contribution in [3.8, 4) is 0 Å². The van der Waals surface area contributed by atoms with Gasteiger partial charge >= 0.3 is 0 Å². The molecule has 0 bridgehead atoms. The number of anilines is 1. The number of primary sulfonamides is 1. The van der Waals surface area contributed by atoms with Crippen molar-refractivity contribution < 1.29 is 13.2 Å². The van der Waals surface area contributed by atoms with Crippen molar-refractivity contribution in [2.45, 2.75) is 6.42 Å². The molecule has 0 aromatic heterocycles. The zero-order valence-electron chi connectivity index (χ0n) is 9.84. The van der Waals surface area contributed by atoms with Crippen molar-refractivity contribution in [1.29, 1.82) is 0 Å². The minimum atomic E-state index is -3.55. The fraction of sp³-hybridized carbons (Fsp3) is 0.364. The van der Waals surface area contributed by atoms with E-state index in [4.69, 9.17) is 5.14 Å². The molecule has 0 spiro atoms. The van der Waals surface area contributed by atoms with E-state index < -0.39 is 10.0 Å². The summed E-state index contributed by atoms with van der Waals surface area (Å²) in [6.45, 7) is 0.371. The molecule has 8 heteroatoms. The third-order valence-corrected chi connectivity index (χ3v) is 4.94. The Labute approximate surface area is 128 Å². The molecule has 1 aromatic rings. The van der Waals surface area contributed by atoms with Gasteiger partial charge in [-0.2, -0.15) is 0 Å². The fourth-order valence-electron chi connectivity index (χ4n) is 2.15. The topological polar surface area (TPSA) is 80.5 Å². The van der Waals surface area contributed by atoms with Crippen LogP contribution in [0.3, 0.4) is 0 Å². The maximum Gasteiger partial charge on any atom is 0.227 e. The van der Waals surface area contributed by atoms with Gasteiger partial charge in [0.1, 0.15) is 0 Å². The first-order valence-electron chi connectivity index (χ1n) is 5.52. The molecule has 1 heterocycles. The number of carbonyl (C=O) groups excluding carboxylic acids is 1. The Morgan fingerprint density at radius 2 is 2.05 bits per heavy atom. The van der Waals surface area contributed by atoms with Crippen LogP contribution in [0.4, 0.5) is 5.69 Å². The number of nitrogens with zero attached hydrogens (tertiary/aromatic N) is 1. The highest BCUT2D eigenvalue weighted by Gasteiger charge is 2.33. The molecule has 19 heavy (non-hydrogen) atoms. The third kappa shape index (κ3) is 3.77. The van der Waals surface area contributed by atoms with Gasteiger partial charge in [-0.15, -0.1) is 0 Å². The summed E-state index contributed by atoms with van der Waals surface area (Å²) in [5.74, 6) is -0.502. The van der Waals surface area contributed by atoms with Crippen molar-refractivity contribution in [2.75, 3.05) is 17.2 Å². The molecule has 2 N–H and O–H groups in total. The van der Waals surface area contributed by atoms with Gasteiger partial charge in [0.2, 0.25) is 15.9 Å². The van der Waals surface area contributed by atoms with Gasteiger partial charge in [0.05, 0.1) is 11.4 Å². The number of carbonyl (C=O) groups is 1. The van der Waals surface area contributed by atoms with Gasteiger partial charge in [0, 0.05) is 27.8 Å². The predicted molar refractivity (Wildman–Crippen MR) is 80.3 cm³/mol. The molecule has 2 rings (SSSR count). The second-order valence-electron chi connectivity index (χ2n) is 4.50. The zero-order chi connectivity index (χ0) is 14.2. The van der Waals surface area contributed by atoms with Crippen LogP contribution in [0.5, 0.6) is 0 Å². The Bertz CT molecular complexity index is 618. The number of sulfonamides is 1. The summed E-state index contributed by atoms with van der Waals surface area (Å²) in [6, 6.07) is 5.49. The number of hydrogen-bond acceptors (Lipinski definition) is 3. The zero-order valence-corrected chi connectivity index (χ0v) is 13.8. The summed E-state index contributed by atoms with van der Waals surface area (Å²) in [5.41, 5.74) is 0.741. The molecule has 1 aromatic carbocycles. The van der Waals surface area contributed by atoms with Crippen molar-refractivity contribution >= 4 is 53.5 Å². The van der Waals surface area contributed by atoms with Gasteiger partial charge < -0.3 is 4.90 Å². The Morgan fingerprint density at radius 3 is 2.63 bits per heavy atom. The smallest absolute Gasteiger partial charge is 0.227 e. The minimum Gasteiger partial charge on any atom is -0.311 e. The minimum absolute atomic E-state index is 0.0864. The standard InChI is InChI=1S/C11H12Br2N2O3S/c12-8-1-2-10(9(13)4-8)15-5-7(3-11(15)16)6-19(14,17)18/h1-2,4,7H,3,5-6H2,(H2,14,17,18). The molecule has 1 aliphatic rings. The van der Waals surface area contributed by atoms with E-state index >= 15 is 0 Å². The number of amides is 1. The largest absolute Gasteiger partial charge is 0.311 e. The van der Waals surface area contributed by atoms with Gasteiger partial charge in [-0.1, -0.05) is 15.9 Å². The highest BCUT2D eigenvalue weighted by atomic mass is 79.9. The summed E-state index contributed by atoms with van der Waals surface area (Å²) in [7, 11) is -3.55. The first kappa shape index (κ1) is 15.0. The van der Waals surface area contributed by atoms with Crippen LogP contribution >= 0.6 is 31.9 Å². The average molecular weight is 412 g/mol. The van der Waals surface area contributed by atoms with E-state index in [2.05, 4.69) is 31.9 Å².